The highest BCUT2D eigenvalue weighted by Gasteiger charge is 2.43. The van der Waals surface area contributed by atoms with Crippen molar-refractivity contribution in [3.63, 3.8) is 0 Å². The normalized spacial score (nSPS) is 15.7. The summed E-state index contributed by atoms with van der Waals surface area (Å²) >= 11 is 1.59. The average molecular weight is 334 g/mol. The SMILES string of the molecule is O=C(/C=C/c1nc2ccccc2s1)NCC1(c2ccccc2)CC1. The van der Waals surface area contributed by atoms with Crippen LogP contribution < -0.4 is 5.32 Å². The first-order valence-corrected chi connectivity index (χ1v) is 8.94. The lowest BCUT2D eigenvalue weighted by molar-refractivity contribution is -0.116. The molecule has 0 spiro atoms. The quantitative estimate of drug-likeness (QED) is 0.712. The van der Waals surface area contributed by atoms with Crippen molar-refractivity contribution < 1.29 is 4.79 Å². The predicted octanol–water partition coefficient (Wildman–Crippen LogP) is 4.16. The second-order valence-electron chi connectivity index (χ2n) is 6.22. The molecular formula is C20H18N2OS. The molecule has 4 heteroatoms. The van der Waals surface area contributed by atoms with Crippen molar-refractivity contribution in [1.82, 2.24) is 10.3 Å². The number of para-hydroxylation sites is 1. The van der Waals surface area contributed by atoms with Crippen LogP contribution in [0.2, 0.25) is 0 Å². The Hall–Kier alpha value is -2.46. The number of benzene rings is 2. The number of nitrogens with zero attached hydrogens (tertiary/aromatic N) is 1. The molecule has 0 atom stereocenters. The average Bonchev–Trinajstić information content (AvgIpc) is 3.30. The number of nitrogens with one attached hydrogen (secondary N) is 1. The zero-order valence-electron chi connectivity index (χ0n) is 13.2. The fourth-order valence-corrected chi connectivity index (χ4v) is 3.80. The van der Waals surface area contributed by atoms with E-state index in [2.05, 4.69) is 34.6 Å². The number of carbonyl (C=O) groups excluding carboxylic acids is 1. The number of carbonyl (C=O) groups is 1. The maximum atomic E-state index is 12.1. The number of hydrogen-bond donors (Lipinski definition) is 1. The standard InChI is InChI=1S/C20H18N2OS/c23-18(10-11-19-22-16-8-4-5-9-17(16)24-19)21-14-20(12-13-20)15-6-2-1-3-7-15/h1-11H,12-14H2,(H,21,23)/b11-10+. The summed E-state index contributed by atoms with van der Waals surface area (Å²) in [5, 5.41) is 3.90. The van der Waals surface area contributed by atoms with E-state index in [0.29, 0.717) is 6.54 Å². The molecule has 4 rings (SSSR count). The fraction of sp³-hybridized carbons (Fsp3) is 0.200. The van der Waals surface area contributed by atoms with Gasteiger partial charge in [-0.1, -0.05) is 42.5 Å². The van der Waals surface area contributed by atoms with Gasteiger partial charge in [0.25, 0.3) is 0 Å². The molecule has 0 bridgehead atoms. The van der Waals surface area contributed by atoms with Gasteiger partial charge in [0.2, 0.25) is 5.91 Å². The Morgan fingerprint density at radius 3 is 2.62 bits per heavy atom. The van der Waals surface area contributed by atoms with Crippen LogP contribution >= 0.6 is 11.3 Å². The zero-order chi connectivity index (χ0) is 16.4. The lowest BCUT2D eigenvalue weighted by Gasteiger charge is -2.15. The van der Waals surface area contributed by atoms with Crippen LogP contribution in [-0.2, 0) is 10.2 Å². The predicted molar refractivity (Wildman–Crippen MR) is 99.0 cm³/mol. The number of fused-ring (bicyclic) bond motifs is 1. The molecule has 1 heterocycles. The van der Waals surface area contributed by atoms with Gasteiger partial charge in [-0.3, -0.25) is 4.79 Å². The molecule has 0 saturated heterocycles. The number of hydrogen-bond acceptors (Lipinski definition) is 3. The highest BCUT2D eigenvalue weighted by molar-refractivity contribution is 7.19. The second-order valence-corrected chi connectivity index (χ2v) is 7.28. The summed E-state index contributed by atoms with van der Waals surface area (Å²) in [5.74, 6) is -0.0588. The maximum Gasteiger partial charge on any atom is 0.244 e. The Morgan fingerprint density at radius 2 is 1.88 bits per heavy atom. The molecular weight excluding hydrogens is 316 g/mol. The molecule has 3 aromatic rings. The molecule has 24 heavy (non-hydrogen) atoms. The highest BCUT2D eigenvalue weighted by atomic mass is 32.1. The molecule has 1 saturated carbocycles. The maximum absolute atomic E-state index is 12.1. The van der Waals surface area contributed by atoms with E-state index in [-0.39, 0.29) is 11.3 Å². The number of thiazole rings is 1. The van der Waals surface area contributed by atoms with Gasteiger partial charge in [0.1, 0.15) is 5.01 Å². The number of amides is 1. The minimum absolute atomic E-state index is 0.0588. The third-order valence-electron chi connectivity index (χ3n) is 4.53. The molecule has 2 aromatic carbocycles. The second kappa shape index (κ2) is 6.21. The Kier molecular flexibility index (Phi) is 3.90. The van der Waals surface area contributed by atoms with Crippen LogP contribution in [0.4, 0.5) is 0 Å². The van der Waals surface area contributed by atoms with Crippen LogP contribution in [0, 0.1) is 0 Å². The van der Waals surface area contributed by atoms with Crippen molar-refractivity contribution in [2.75, 3.05) is 6.54 Å². The summed E-state index contributed by atoms with van der Waals surface area (Å²) in [7, 11) is 0. The van der Waals surface area contributed by atoms with Gasteiger partial charge in [-0.05, 0) is 36.6 Å². The molecule has 3 nitrogen and oxygen atoms in total. The summed E-state index contributed by atoms with van der Waals surface area (Å²) in [6.07, 6.45) is 5.65. The molecule has 120 valence electrons. The topological polar surface area (TPSA) is 42.0 Å². The molecule has 1 aliphatic rings. The summed E-state index contributed by atoms with van der Waals surface area (Å²) in [6, 6.07) is 18.4. The van der Waals surface area contributed by atoms with Crippen molar-refractivity contribution in [3.8, 4) is 0 Å². The van der Waals surface area contributed by atoms with Crippen molar-refractivity contribution in [2.24, 2.45) is 0 Å². The molecule has 1 aromatic heterocycles. The first-order valence-electron chi connectivity index (χ1n) is 8.12. The first-order chi connectivity index (χ1) is 11.8. The Balaban J connectivity index is 1.38. The first kappa shape index (κ1) is 15.1. The summed E-state index contributed by atoms with van der Waals surface area (Å²) in [5.41, 5.74) is 2.43. The van der Waals surface area contributed by atoms with Gasteiger partial charge >= 0.3 is 0 Å². The molecule has 0 aliphatic heterocycles. The molecule has 0 radical (unpaired) electrons. The van der Waals surface area contributed by atoms with Gasteiger partial charge in [-0.15, -0.1) is 11.3 Å². The minimum atomic E-state index is -0.0588. The van der Waals surface area contributed by atoms with Crippen LogP contribution in [-0.4, -0.2) is 17.4 Å². The summed E-state index contributed by atoms with van der Waals surface area (Å²) in [4.78, 5) is 16.6. The fourth-order valence-electron chi connectivity index (χ4n) is 2.93. The lowest BCUT2D eigenvalue weighted by atomic mass is 9.96. The van der Waals surface area contributed by atoms with Crippen molar-refractivity contribution in [3.05, 3.63) is 71.2 Å². The number of rotatable bonds is 5. The van der Waals surface area contributed by atoms with E-state index in [0.717, 1.165) is 28.1 Å². The molecule has 1 fully saturated rings. The van der Waals surface area contributed by atoms with Crippen molar-refractivity contribution in [2.45, 2.75) is 18.3 Å². The third-order valence-corrected chi connectivity index (χ3v) is 5.53. The van der Waals surface area contributed by atoms with Gasteiger partial charge in [-0.25, -0.2) is 4.98 Å². The highest BCUT2D eigenvalue weighted by Crippen LogP contribution is 2.47. The van der Waals surface area contributed by atoms with E-state index in [1.54, 1.807) is 23.5 Å². The monoisotopic (exact) mass is 334 g/mol. The van der Waals surface area contributed by atoms with Crippen LogP contribution in [0.1, 0.15) is 23.4 Å². The Bertz CT molecular complexity index is 861. The van der Waals surface area contributed by atoms with Gasteiger partial charge < -0.3 is 5.32 Å². The third kappa shape index (κ3) is 3.10. The van der Waals surface area contributed by atoms with Gasteiger partial charge in [0, 0.05) is 18.0 Å². The molecule has 1 N–H and O–H groups in total. The molecule has 0 unspecified atom stereocenters. The van der Waals surface area contributed by atoms with Gasteiger partial charge in [0.15, 0.2) is 0 Å². The molecule has 1 amide bonds. The van der Waals surface area contributed by atoms with Gasteiger partial charge in [0.05, 0.1) is 10.2 Å². The van der Waals surface area contributed by atoms with E-state index >= 15 is 0 Å². The zero-order valence-corrected chi connectivity index (χ0v) is 14.1. The van der Waals surface area contributed by atoms with E-state index < -0.39 is 0 Å². The largest absolute Gasteiger partial charge is 0.352 e. The van der Waals surface area contributed by atoms with Crippen LogP contribution in [0.25, 0.3) is 16.3 Å². The van der Waals surface area contributed by atoms with E-state index in [9.17, 15) is 4.79 Å². The van der Waals surface area contributed by atoms with Crippen molar-refractivity contribution in [1.29, 1.82) is 0 Å². The van der Waals surface area contributed by atoms with Crippen LogP contribution in [0.15, 0.2) is 60.7 Å². The molecule has 1 aliphatic carbocycles. The van der Waals surface area contributed by atoms with Crippen LogP contribution in [0.5, 0.6) is 0 Å². The van der Waals surface area contributed by atoms with Crippen molar-refractivity contribution >= 4 is 33.5 Å². The van der Waals surface area contributed by atoms with E-state index in [4.69, 9.17) is 0 Å². The van der Waals surface area contributed by atoms with Gasteiger partial charge in [-0.2, -0.15) is 0 Å². The van der Waals surface area contributed by atoms with Crippen LogP contribution in [0.3, 0.4) is 0 Å². The van der Waals surface area contributed by atoms with E-state index in [1.165, 1.54) is 5.56 Å². The van der Waals surface area contributed by atoms with E-state index in [1.807, 2.05) is 30.3 Å². The Morgan fingerprint density at radius 1 is 1.12 bits per heavy atom. The Labute approximate surface area is 145 Å². The number of aromatic nitrogens is 1. The summed E-state index contributed by atoms with van der Waals surface area (Å²) in [6.45, 7) is 0.694. The lowest BCUT2D eigenvalue weighted by Crippen LogP contribution is -2.30. The summed E-state index contributed by atoms with van der Waals surface area (Å²) < 4.78 is 1.14. The smallest absolute Gasteiger partial charge is 0.244 e. The minimum Gasteiger partial charge on any atom is -0.352 e.